The number of carbonyl (C=O) groups is 1. The van der Waals surface area contributed by atoms with Crippen LogP contribution in [0.2, 0.25) is 10.0 Å². The minimum Gasteiger partial charge on any atom is -0.379 e. The SMILES string of the molecule is CCC[C@H](CN1CCOCC1)N1C(=O)CO[C@@H](c2ccc(Cl)cc2)[C@H]1c1ccc(Cl)cc1. The van der Waals surface area contributed by atoms with Gasteiger partial charge in [0.2, 0.25) is 5.91 Å². The summed E-state index contributed by atoms with van der Waals surface area (Å²) in [5.74, 6) is 0.0295. The van der Waals surface area contributed by atoms with Crippen molar-refractivity contribution in [3.8, 4) is 0 Å². The van der Waals surface area contributed by atoms with Crippen LogP contribution in [-0.2, 0) is 14.3 Å². The van der Waals surface area contributed by atoms with Crippen molar-refractivity contribution in [2.45, 2.75) is 38.0 Å². The standard InChI is InChI=1S/C25H30Cl2N2O3/c1-2-3-22(16-28-12-14-31-15-13-28)29-23(30)17-32-25(19-6-10-21(27)11-7-19)24(29)18-4-8-20(26)9-5-18/h4-11,22,24-25H,2-3,12-17H2,1H3/t22-,24-,25+/m1/s1. The van der Waals surface area contributed by atoms with Gasteiger partial charge in [0.25, 0.3) is 0 Å². The van der Waals surface area contributed by atoms with Crippen LogP contribution in [0.3, 0.4) is 0 Å². The molecule has 0 aliphatic carbocycles. The molecule has 0 aromatic heterocycles. The van der Waals surface area contributed by atoms with Gasteiger partial charge < -0.3 is 14.4 Å². The van der Waals surface area contributed by atoms with E-state index in [0.29, 0.717) is 10.0 Å². The summed E-state index contributed by atoms with van der Waals surface area (Å²) in [6.45, 7) is 6.34. The molecule has 1 amide bonds. The van der Waals surface area contributed by atoms with E-state index in [2.05, 4.69) is 16.7 Å². The van der Waals surface area contributed by atoms with Crippen molar-refractivity contribution < 1.29 is 14.3 Å². The van der Waals surface area contributed by atoms with Gasteiger partial charge >= 0.3 is 0 Å². The van der Waals surface area contributed by atoms with E-state index in [-0.39, 0.29) is 30.7 Å². The van der Waals surface area contributed by atoms with E-state index in [1.165, 1.54) is 0 Å². The Kier molecular flexibility index (Phi) is 8.08. The number of morpholine rings is 2. The molecule has 32 heavy (non-hydrogen) atoms. The van der Waals surface area contributed by atoms with Crippen molar-refractivity contribution in [3.05, 3.63) is 69.7 Å². The molecule has 0 unspecified atom stereocenters. The highest BCUT2D eigenvalue weighted by Gasteiger charge is 2.42. The number of carbonyl (C=O) groups excluding carboxylic acids is 1. The Morgan fingerprint density at radius 2 is 1.56 bits per heavy atom. The average Bonchev–Trinajstić information content (AvgIpc) is 2.81. The Morgan fingerprint density at radius 3 is 2.16 bits per heavy atom. The number of hydrogen-bond donors (Lipinski definition) is 0. The van der Waals surface area contributed by atoms with Gasteiger partial charge in [0.1, 0.15) is 12.7 Å². The molecule has 0 spiro atoms. The van der Waals surface area contributed by atoms with Crippen molar-refractivity contribution in [1.29, 1.82) is 0 Å². The van der Waals surface area contributed by atoms with Crippen LogP contribution in [0.25, 0.3) is 0 Å². The van der Waals surface area contributed by atoms with Crippen molar-refractivity contribution in [3.63, 3.8) is 0 Å². The minimum absolute atomic E-state index is 0.0295. The molecule has 2 heterocycles. The zero-order valence-corrected chi connectivity index (χ0v) is 19.9. The molecule has 2 aromatic carbocycles. The lowest BCUT2D eigenvalue weighted by Gasteiger charge is -2.47. The van der Waals surface area contributed by atoms with Crippen LogP contribution >= 0.6 is 23.2 Å². The smallest absolute Gasteiger partial charge is 0.249 e. The monoisotopic (exact) mass is 476 g/mol. The van der Waals surface area contributed by atoms with Crippen LogP contribution in [0.1, 0.15) is 43.0 Å². The molecule has 7 heteroatoms. The number of hydrogen-bond acceptors (Lipinski definition) is 4. The lowest BCUT2D eigenvalue weighted by atomic mass is 9.90. The summed E-state index contributed by atoms with van der Waals surface area (Å²) >= 11 is 12.3. The molecule has 2 aromatic rings. The Morgan fingerprint density at radius 1 is 0.969 bits per heavy atom. The largest absolute Gasteiger partial charge is 0.379 e. The summed E-state index contributed by atoms with van der Waals surface area (Å²) in [5, 5.41) is 1.35. The van der Waals surface area contributed by atoms with E-state index in [1.54, 1.807) is 0 Å². The first-order chi connectivity index (χ1) is 15.6. The lowest BCUT2D eigenvalue weighted by molar-refractivity contribution is -0.164. The van der Waals surface area contributed by atoms with Crippen molar-refractivity contribution >= 4 is 29.1 Å². The molecule has 2 aliphatic heterocycles. The number of amides is 1. The molecule has 2 aliphatic rings. The van der Waals surface area contributed by atoms with Gasteiger partial charge in [-0.1, -0.05) is 60.8 Å². The van der Waals surface area contributed by atoms with Crippen molar-refractivity contribution in [2.24, 2.45) is 0 Å². The van der Waals surface area contributed by atoms with Gasteiger partial charge in [0.15, 0.2) is 0 Å². The van der Waals surface area contributed by atoms with E-state index < -0.39 is 0 Å². The molecule has 2 saturated heterocycles. The number of nitrogens with zero attached hydrogens (tertiary/aromatic N) is 2. The molecule has 0 saturated carbocycles. The third-order valence-corrected chi connectivity index (χ3v) is 6.76. The van der Waals surface area contributed by atoms with Crippen molar-refractivity contribution in [1.82, 2.24) is 9.80 Å². The van der Waals surface area contributed by atoms with E-state index in [1.807, 2.05) is 48.5 Å². The van der Waals surface area contributed by atoms with E-state index in [9.17, 15) is 4.79 Å². The Balaban J connectivity index is 1.72. The number of benzene rings is 2. The molecule has 5 nitrogen and oxygen atoms in total. The second-order valence-electron chi connectivity index (χ2n) is 8.44. The zero-order valence-electron chi connectivity index (χ0n) is 18.4. The molecular weight excluding hydrogens is 447 g/mol. The van der Waals surface area contributed by atoms with Crippen LogP contribution in [0, 0.1) is 0 Å². The Hall–Kier alpha value is -1.63. The molecule has 4 rings (SSSR count). The van der Waals surface area contributed by atoms with E-state index >= 15 is 0 Å². The number of halogens is 2. The highest BCUT2D eigenvalue weighted by Crippen LogP contribution is 2.42. The summed E-state index contributed by atoms with van der Waals surface area (Å²) in [5.41, 5.74) is 2.03. The highest BCUT2D eigenvalue weighted by atomic mass is 35.5. The number of ether oxygens (including phenoxy) is 2. The summed E-state index contributed by atoms with van der Waals surface area (Å²) < 4.78 is 11.7. The first-order valence-electron chi connectivity index (χ1n) is 11.3. The maximum absolute atomic E-state index is 13.3. The van der Waals surface area contributed by atoms with E-state index in [0.717, 1.165) is 56.8 Å². The fraction of sp³-hybridized carbons (Fsp3) is 0.480. The topological polar surface area (TPSA) is 42.0 Å². The van der Waals surface area contributed by atoms with Crippen LogP contribution in [0.4, 0.5) is 0 Å². The third kappa shape index (κ3) is 5.46. The molecule has 172 valence electrons. The fourth-order valence-electron chi connectivity index (χ4n) is 4.72. The maximum Gasteiger partial charge on any atom is 0.249 e. The van der Waals surface area contributed by atoms with Crippen LogP contribution in [-0.4, -0.2) is 61.2 Å². The molecule has 0 bridgehead atoms. The number of rotatable bonds is 7. The second-order valence-corrected chi connectivity index (χ2v) is 9.31. The molecule has 2 fully saturated rings. The second kappa shape index (κ2) is 11.0. The summed E-state index contributed by atoms with van der Waals surface area (Å²) in [6.07, 6.45) is 1.65. The predicted octanol–water partition coefficient (Wildman–Crippen LogP) is 5.14. The normalized spacial score (nSPS) is 23.3. The zero-order chi connectivity index (χ0) is 22.5. The fourth-order valence-corrected chi connectivity index (χ4v) is 4.97. The van der Waals surface area contributed by atoms with Gasteiger partial charge in [0.05, 0.1) is 19.3 Å². The van der Waals surface area contributed by atoms with Gasteiger partial charge in [-0.25, -0.2) is 0 Å². The highest BCUT2D eigenvalue weighted by molar-refractivity contribution is 6.30. The Labute approximate surface area is 200 Å². The van der Waals surface area contributed by atoms with Crippen molar-refractivity contribution in [2.75, 3.05) is 39.5 Å². The Bertz CT molecular complexity index is 885. The quantitative estimate of drug-likeness (QED) is 0.554. The average molecular weight is 477 g/mol. The predicted molar refractivity (Wildman–Crippen MR) is 127 cm³/mol. The lowest BCUT2D eigenvalue weighted by Crippen LogP contribution is -2.55. The summed E-state index contributed by atoms with van der Waals surface area (Å²) in [6, 6.07) is 15.3. The summed E-state index contributed by atoms with van der Waals surface area (Å²) in [4.78, 5) is 17.8. The first kappa shape index (κ1) is 23.5. The first-order valence-corrected chi connectivity index (χ1v) is 12.1. The molecule has 0 N–H and O–H groups in total. The molecular formula is C25H30Cl2N2O3. The molecule has 0 radical (unpaired) electrons. The van der Waals surface area contributed by atoms with Gasteiger partial charge in [0, 0.05) is 35.7 Å². The van der Waals surface area contributed by atoms with Crippen LogP contribution in [0.5, 0.6) is 0 Å². The van der Waals surface area contributed by atoms with Crippen LogP contribution < -0.4 is 0 Å². The van der Waals surface area contributed by atoms with Gasteiger partial charge in [-0.15, -0.1) is 0 Å². The van der Waals surface area contributed by atoms with Gasteiger partial charge in [-0.05, 0) is 41.8 Å². The van der Waals surface area contributed by atoms with Crippen LogP contribution in [0.15, 0.2) is 48.5 Å². The third-order valence-electron chi connectivity index (χ3n) is 6.26. The minimum atomic E-state index is -0.282. The van der Waals surface area contributed by atoms with Gasteiger partial charge in [-0.3, -0.25) is 9.69 Å². The van der Waals surface area contributed by atoms with E-state index in [4.69, 9.17) is 32.7 Å². The molecule has 3 atom stereocenters. The maximum atomic E-state index is 13.3. The summed E-state index contributed by atoms with van der Waals surface area (Å²) in [7, 11) is 0. The van der Waals surface area contributed by atoms with Gasteiger partial charge in [-0.2, -0.15) is 0 Å².